The summed E-state index contributed by atoms with van der Waals surface area (Å²) in [5, 5.41) is 11.6. The van der Waals surface area contributed by atoms with Crippen molar-refractivity contribution in [3.63, 3.8) is 0 Å². The molecular weight excluding hydrogens is 284 g/mol. The largest absolute Gasteiger partial charge is 0.496 e. The van der Waals surface area contributed by atoms with E-state index in [4.69, 9.17) is 4.74 Å². The van der Waals surface area contributed by atoms with Crippen LogP contribution in [-0.2, 0) is 12.0 Å². The maximum atomic E-state index is 11.6. The minimum Gasteiger partial charge on any atom is -0.496 e. The highest BCUT2D eigenvalue weighted by Crippen LogP contribution is 2.35. The summed E-state index contributed by atoms with van der Waals surface area (Å²) in [6, 6.07) is 28.1. The van der Waals surface area contributed by atoms with Crippen molar-refractivity contribution in [2.45, 2.75) is 12.0 Å². The van der Waals surface area contributed by atoms with Crippen molar-refractivity contribution in [2.75, 3.05) is 7.11 Å². The second kappa shape index (κ2) is 6.67. The second-order valence-electron chi connectivity index (χ2n) is 5.51. The molecule has 0 heterocycles. The maximum absolute atomic E-state index is 11.6. The van der Waals surface area contributed by atoms with Gasteiger partial charge in [-0.05, 0) is 28.8 Å². The summed E-state index contributed by atoms with van der Waals surface area (Å²) in [6.45, 7) is 0. The highest BCUT2D eigenvalue weighted by Gasteiger charge is 2.32. The van der Waals surface area contributed by atoms with Gasteiger partial charge in [0.2, 0.25) is 0 Å². The summed E-state index contributed by atoms with van der Waals surface area (Å²) in [6.07, 6.45) is 0.429. The number of hydrogen-bond acceptors (Lipinski definition) is 2. The smallest absolute Gasteiger partial charge is 0.122 e. The van der Waals surface area contributed by atoms with Gasteiger partial charge in [-0.15, -0.1) is 0 Å². The Kier molecular flexibility index (Phi) is 4.45. The zero-order chi connectivity index (χ0) is 16.1. The molecule has 0 atom stereocenters. The van der Waals surface area contributed by atoms with E-state index in [1.54, 1.807) is 13.2 Å². The summed E-state index contributed by atoms with van der Waals surface area (Å²) < 4.78 is 5.42. The van der Waals surface area contributed by atoms with Crippen molar-refractivity contribution in [1.29, 1.82) is 0 Å². The predicted octanol–water partition coefficient (Wildman–Crippen LogP) is 3.97. The van der Waals surface area contributed by atoms with E-state index in [-0.39, 0.29) is 0 Å². The molecule has 0 unspecified atom stereocenters. The molecule has 1 N–H and O–H groups in total. The lowest BCUT2D eigenvalue weighted by atomic mass is 9.81. The summed E-state index contributed by atoms with van der Waals surface area (Å²) >= 11 is 0. The highest BCUT2D eigenvalue weighted by atomic mass is 16.5. The zero-order valence-electron chi connectivity index (χ0n) is 13.1. The number of ether oxygens (including phenoxy) is 1. The normalized spacial score (nSPS) is 11.2. The molecule has 115 valence electrons. The summed E-state index contributed by atoms with van der Waals surface area (Å²) in [5.41, 5.74) is 1.56. The van der Waals surface area contributed by atoms with Crippen molar-refractivity contribution in [3.05, 3.63) is 102 Å². The first-order chi connectivity index (χ1) is 11.2. The van der Waals surface area contributed by atoms with Gasteiger partial charge in [-0.2, -0.15) is 0 Å². The summed E-state index contributed by atoms with van der Waals surface area (Å²) in [7, 11) is 1.64. The molecule has 0 aliphatic rings. The van der Waals surface area contributed by atoms with E-state index < -0.39 is 5.60 Å². The molecule has 0 spiro atoms. The standard InChI is InChI=1S/C21H19O2/c1-23-20-15-9-8-10-17(20)16-21(22,18-11-4-2-5-12-18)19-13-6-3-7-14-19/h2-8,10-15,22H,16H2,1H3. The Bertz CT molecular complexity index is 712. The number of hydrogen-bond donors (Lipinski definition) is 1. The number of aliphatic hydroxyl groups is 1. The van der Waals surface area contributed by atoms with E-state index in [1.165, 1.54) is 0 Å². The minimum absolute atomic E-state index is 0.429. The summed E-state index contributed by atoms with van der Waals surface area (Å²) in [4.78, 5) is 0. The van der Waals surface area contributed by atoms with Gasteiger partial charge in [0.05, 0.1) is 7.11 Å². The quantitative estimate of drug-likeness (QED) is 0.772. The first kappa shape index (κ1) is 15.3. The van der Waals surface area contributed by atoms with Crippen LogP contribution in [0.4, 0.5) is 0 Å². The Morgan fingerprint density at radius 3 is 2.00 bits per heavy atom. The molecular formula is C21H19O2. The molecule has 0 aliphatic heterocycles. The fraction of sp³-hybridized carbons (Fsp3) is 0.143. The zero-order valence-corrected chi connectivity index (χ0v) is 13.1. The third kappa shape index (κ3) is 3.13. The van der Waals surface area contributed by atoms with E-state index in [2.05, 4.69) is 6.07 Å². The third-order valence-electron chi connectivity index (χ3n) is 4.08. The van der Waals surface area contributed by atoms with Gasteiger partial charge in [0, 0.05) is 6.42 Å². The Morgan fingerprint density at radius 2 is 1.48 bits per heavy atom. The van der Waals surface area contributed by atoms with Crippen molar-refractivity contribution in [1.82, 2.24) is 0 Å². The number of benzene rings is 3. The van der Waals surface area contributed by atoms with Crippen LogP contribution in [0.15, 0.2) is 78.9 Å². The van der Waals surface area contributed by atoms with Crippen molar-refractivity contribution in [3.8, 4) is 5.75 Å². The molecule has 2 heteroatoms. The van der Waals surface area contributed by atoms with Crippen molar-refractivity contribution in [2.24, 2.45) is 0 Å². The SMILES string of the molecule is COc1c[c]ccc1CC(O)(c1ccccc1)c1ccccc1. The average molecular weight is 303 g/mol. The van der Waals surface area contributed by atoms with Crippen LogP contribution in [0.25, 0.3) is 0 Å². The first-order valence-electron chi connectivity index (χ1n) is 7.60. The molecule has 3 rings (SSSR count). The van der Waals surface area contributed by atoms with Gasteiger partial charge in [0.25, 0.3) is 0 Å². The molecule has 0 fully saturated rings. The van der Waals surface area contributed by atoms with Crippen LogP contribution in [0.2, 0.25) is 0 Å². The Morgan fingerprint density at radius 1 is 0.913 bits per heavy atom. The predicted molar refractivity (Wildman–Crippen MR) is 91.4 cm³/mol. The fourth-order valence-corrected chi connectivity index (χ4v) is 2.86. The molecule has 3 aromatic rings. The number of methoxy groups -OCH3 is 1. The van der Waals surface area contributed by atoms with Crippen LogP contribution in [0.1, 0.15) is 16.7 Å². The van der Waals surface area contributed by atoms with Crippen molar-refractivity contribution < 1.29 is 9.84 Å². The van der Waals surface area contributed by atoms with E-state index in [0.717, 1.165) is 22.4 Å². The van der Waals surface area contributed by atoms with Crippen LogP contribution in [0.5, 0.6) is 5.75 Å². The third-order valence-corrected chi connectivity index (χ3v) is 4.08. The number of rotatable bonds is 5. The summed E-state index contributed by atoms with van der Waals surface area (Å²) in [5.74, 6) is 0.734. The van der Waals surface area contributed by atoms with Crippen LogP contribution >= 0.6 is 0 Å². The molecule has 3 aromatic carbocycles. The van der Waals surface area contributed by atoms with Gasteiger partial charge in [0.15, 0.2) is 0 Å². The Labute approximate surface area is 137 Å². The monoisotopic (exact) mass is 303 g/mol. The minimum atomic E-state index is -1.11. The fourth-order valence-electron chi connectivity index (χ4n) is 2.86. The maximum Gasteiger partial charge on any atom is 0.122 e. The van der Waals surface area contributed by atoms with Crippen LogP contribution in [-0.4, -0.2) is 12.2 Å². The molecule has 0 bridgehead atoms. The van der Waals surface area contributed by atoms with Crippen molar-refractivity contribution >= 4 is 0 Å². The molecule has 0 aromatic heterocycles. The topological polar surface area (TPSA) is 29.5 Å². The Balaban J connectivity index is 2.10. The van der Waals surface area contributed by atoms with Gasteiger partial charge in [-0.25, -0.2) is 0 Å². The van der Waals surface area contributed by atoms with Gasteiger partial charge in [-0.1, -0.05) is 72.8 Å². The van der Waals surface area contributed by atoms with Gasteiger partial charge in [0.1, 0.15) is 11.4 Å². The van der Waals surface area contributed by atoms with Crippen LogP contribution in [0, 0.1) is 6.07 Å². The van der Waals surface area contributed by atoms with E-state index in [9.17, 15) is 5.11 Å². The second-order valence-corrected chi connectivity index (χ2v) is 5.51. The highest BCUT2D eigenvalue weighted by molar-refractivity contribution is 5.42. The molecule has 2 nitrogen and oxygen atoms in total. The molecule has 1 radical (unpaired) electrons. The van der Waals surface area contributed by atoms with E-state index >= 15 is 0 Å². The first-order valence-corrected chi connectivity index (χ1v) is 7.60. The average Bonchev–Trinajstić information content (AvgIpc) is 2.63. The molecule has 0 saturated carbocycles. The molecule has 23 heavy (non-hydrogen) atoms. The lowest BCUT2D eigenvalue weighted by Gasteiger charge is -2.30. The molecule has 0 aliphatic carbocycles. The lowest BCUT2D eigenvalue weighted by molar-refractivity contribution is 0.0804. The molecule has 0 saturated heterocycles. The lowest BCUT2D eigenvalue weighted by Crippen LogP contribution is -2.30. The van der Waals surface area contributed by atoms with Crippen LogP contribution in [0.3, 0.4) is 0 Å². The Hall–Kier alpha value is -2.58. The van der Waals surface area contributed by atoms with E-state index in [0.29, 0.717) is 6.42 Å². The molecule has 0 amide bonds. The van der Waals surface area contributed by atoms with Gasteiger partial charge >= 0.3 is 0 Å². The van der Waals surface area contributed by atoms with Gasteiger partial charge < -0.3 is 9.84 Å². The van der Waals surface area contributed by atoms with Crippen LogP contribution < -0.4 is 4.74 Å². The van der Waals surface area contributed by atoms with E-state index in [1.807, 2.05) is 72.8 Å². The van der Waals surface area contributed by atoms with Gasteiger partial charge in [-0.3, -0.25) is 0 Å².